The van der Waals surface area contributed by atoms with Gasteiger partial charge in [-0.3, -0.25) is 9.59 Å². The SMILES string of the molecule is CC12CC3CC(C(=O)O)(CC(C1)C(=O)O3)C2. The number of ether oxygens (including phenoxy) is 1. The highest BCUT2D eigenvalue weighted by molar-refractivity contribution is 5.80. The minimum absolute atomic E-state index is 0.0175. The number of carbonyl (C=O) groups excluding carboxylic acids is 1. The monoisotopic (exact) mass is 224 g/mol. The number of esters is 1. The van der Waals surface area contributed by atoms with Crippen LogP contribution in [0.15, 0.2) is 0 Å². The molecule has 0 amide bonds. The average Bonchev–Trinajstić information content (AvgIpc) is 2.27. The Morgan fingerprint density at radius 1 is 1.38 bits per heavy atom. The molecule has 0 radical (unpaired) electrons. The fourth-order valence-corrected chi connectivity index (χ4v) is 4.23. The van der Waals surface area contributed by atoms with Gasteiger partial charge in [-0.05, 0) is 31.1 Å². The van der Waals surface area contributed by atoms with Crippen molar-refractivity contribution in [2.45, 2.75) is 45.1 Å². The van der Waals surface area contributed by atoms with Gasteiger partial charge in [0.2, 0.25) is 0 Å². The first kappa shape index (κ1) is 10.1. The molecule has 1 N–H and O–H groups in total. The molecule has 0 aromatic heterocycles. The highest BCUT2D eigenvalue weighted by Crippen LogP contribution is 2.60. The van der Waals surface area contributed by atoms with Crippen molar-refractivity contribution in [2.75, 3.05) is 0 Å². The summed E-state index contributed by atoms with van der Waals surface area (Å²) in [6, 6.07) is 0. The minimum atomic E-state index is -0.744. The fraction of sp³-hybridized carbons (Fsp3) is 0.833. The van der Waals surface area contributed by atoms with Gasteiger partial charge in [-0.15, -0.1) is 0 Å². The zero-order valence-corrected chi connectivity index (χ0v) is 9.36. The average molecular weight is 224 g/mol. The van der Waals surface area contributed by atoms with Crippen LogP contribution in [0.3, 0.4) is 0 Å². The van der Waals surface area contributed by atoms with Gasteiger partial charge in [0.05, 0.1) is 11.3 Å². The fourth-order valence-electron chi connectivity index (χ4n) is 4.23. The molecule has 4 atom stereocenters. The molecule has 2 aliphatic heterocycles. The van der Waals surface area contributed by atoms with E-state index < -0.39 is 11.4 Å². The van der Waals surface area contributed by atoms with E-state index >= 15 is 0 Å². The molecule has 4 heteroatoms. The van der Waals surface area contributed by atoms with Crippen molar-refractivity contribution >= 4 is 11.9 Å². The Morgan fingerprint density at radius 2 is 2.12 bits per heavy atom. The maximum atomic E-state index is 11.8. The second kappa shape index (κ2) is 2.79. The van der Waals surface area contributed by atoms with Crippen LogP contribution in [0.5, 0.6) is 0 Å². The Morgan fingerprint density at radius 3 is 2.81 bits per heavy atom. The van der Waals surface area contributed by atoms with Crippen LogP contribution in [0.1, 0.15) is 39.0 Å². The van der Waals surface area contributed by atoms with E-state index in [9.17, 15) is 14.7 Å². The quantitative estimate of drug-likeness (QED) is 0.687. The van der Waals surface area contributed by atoms with E-state index in [1.54, 1.807) is 0 Å². The summed E-state index contributed by atoms with van der Waals surface area (Å²) in [4.78, 5) is 23.2. The van der Waals surface area contributed by atoms with E-state index in [0.29, 0.717) is 19.3 Å². The molecule has 88 valence electrons. The van der Waals surface area contributed by atoms with Gasteiger partial charge in [0.15, 0.2) is 0 Å². The Hall–Kier alpha value is -1.06. The summed E-state index contributed by atoms with van der Waals surface area (Å²) < 4.78 is 5.37. The molecule has 16 heavy (non-hydrogen) atoms. The molecule has 4 fully saturated rings. The molecule has 0 aromatic carbocycles. The molecule has 4 rings (SSSR count). The third kappa shape index (κ3) is 1.22. The van der Waals surface area contributed by atoms with Gasteiger partial charge in [-0.1, -0.05) is 6.92 Å². The molecule has 2 aliphatic carbocycles. The van der Waals surface area contributed by atoms with E-state index in [1.807, 2.05) is 0 Å². The van der Waals surface area contributed by atoms with Crippen molar-refractivity contribution in [1.29, 1.82) is 0 Å². The standard InChI is InChI=1S/C12H16O4/c1-11-2-7-3-12(6-11,10(14)15)5-8(4-11)16-9(7)13/h7-8H,2-6H2,1H3,(H,14,15). The largest absolute Gasteiger partial charge is 0.481 e. The predicted molar refractivity (Wildman–Crippen MR) is 54.6 cm³/mol. The summed E-state index contributed by atoms with van der Waals surface area (Å²) in [5.74, 6) is -1.11. The molecular formula is C12H16O4. The zero-order chi connectivity index (χ0) is 11.6. The predicted octanol–water partition coefficient (Wildman–Crippen LogP) is 1.58. The molecule has 0 spiro atoms. The Balaban J connectivity index is 2.07. The first-order valence-corrected chi connectivity index (χ1v) is 5.86. The van der Waals surface area contributed by atoms with Crippen molar-refractivity contribution < 1.29 is 19.4 Å². The number of carbonyl (C=O) groups is 2. The molecule has 2 saturated carbocycles. The molecule has 2 heterocycles. The van der Waals surface area contributed by atoms with Gasteiger partial charge in [0, 0.05) is 6.42 Å². The van der Waals surface area contributed by atoms with Gasteiger partial charge in [-0.2, -0.15) is 0 Å². The van der Waals surface area contributed by atoms with E-state index in [-0.39, 0.29) is 23.4 Å². The Kier molecular flexibility index (Phi) is 1.76. The van der Waals surface area contributed by atoms with Gasteiger partial charge in [0.25, 0.3) is 0 Å². The van der Waals surface area contributed by atoms with Gasteiger partial charge >= 0.3 is 11.9 Å². The highest BCUT2D eigenvalue weighted by Gasteiger charge is 2.60. The third-order valence-corrected chi connectivity index (χ3v) is 4.55. The summed E-state index contributed by atoms with van der Waals surface area (Å²) >= 11 is 0. The smallest absolute Gasteiger partial charge is 0.309 e. The molecular weight excluding hydrogens is 208 g/mol. The van der Waals surface area contributed by atoms with Crippen molar-refractivity contribution in [3.05, 3.63) is 0 Å². The van der Waals surface area contributed by atoms with Crippen LogP contribution in [0.4, 0.5) is 0 Å². The number of carboxylic acid groups (broad SMARTS) is 1. The van der Waals surface area contributed by atoms with Crippen LogP contribution < -0.4 is 0 Å². The van der Waals surface area contributed by atoms with Crippen LogP contribution in [0, 0.1) is 16.7 Å². The summed E-state index contributed by atoms with van der Waals surface area (Å²) in [6.45, 7) is 2.10. The van der Waals surface area contributed by atoms with Crippen molar-refractivity contribution in [3.8, 4) is 0 Å². The van der Waals surface area contributed by atoms with Crippen LogP contribution in [-0.2, 0) is 14.3 Å². The molecule has 4 bridgehead atoms. The lowest BCUT2D eigenvalue weighted by molar-refractivity contribution is -0.161. The first-order chi connectivity index (χ1) is 7.42. The van der Waals surface area contributed by atoms with E-state index in [0.717, 1.165) is 12.8 Å². The topological polar surface area (TPSA) is 63.6 Å². The molecule has 2 saturated heterocycles. The van der Waals surface area contributed by atoms with Crippen molar-refractivity contribution in [2.24, 2.45) is 16.7 Å². The number of fused-ring (bicyclic) bond motifs is 1. The maximum absolute atomic E-state index is 11.8. The molecule has 4 aliphatic rings. The maximum Gasteiger partial charge on any atom is 0.309 e. The van der Waals surface area contributed by atoms with Crippen LogP contribution in [0.2, 0.25) is 0 Å². The summed E-state index contributed by atoms with van der Waals surface area (Å²) in [5, 5.41) is 9.44. The first-order valence-electron chi connectivity index (χ1n) is 5.86. The van der Waals surface area contributed by atoms with Gasteiger partial charge in [0.1, 0.15) is 6.10 Å². The molecule has 0 aromatic rings. The van der Waals surface area contributed by atoms with Crippen molar-refractivity contribution in [1.82, 2.24) is 0 Å². The summed E-state index contributed by atoms with van der Waals surface area (Å²) in [7, 11) is 0. The Labute approximate surface area is 94.0 Å². The number of hydrogen-bond donors (Lipinski definition) is 1. The number of hydrogen-bond acceptors (Lipinski definition) is 3. The number of rotatable bonds is 1. The van der Waals surface area contributed by atoms with Crippen LogP contribution in [0.25, 0.3) is 0 Å². The van der Waals surface area contributed by atoms with E-state index in [2.05, 4.69) is 6.92 Å². The van der Waals surface area contributed by atoms with Gasteiger partial charge in [-0.25, -0.2) is 0 Å². The van der Waals surface area contributed by atoms with Crippen LogP contribution in [-0.4, -0.2) is 23.1 Å². The summed E-state index contributed by atoms with van der Waals surface area (Å²) in [5.41, 5.74) is -0.719. The second-order valence-corrected chi connectivity index (χ2v) is 6.15. The lowest BCUT2D eigenvalue weighted by atomic mass is 9.53. The minimum Gasteiger partial charge on any atom is -0.481 e. The Bertz CT molecular complexity index is 377. The molecule has 4 nitrogen and oxygen atoms in total. The number of carboxylic acids is 1. The number of aliphatic carboxylic acids is 1. The zero-order valence-electron chi connectivity index (χ0n) is 9.36. The summed E-state index contributed by atoms with van der Waals surface area (Å²) in [6.07, 6.45) is 3.17. The highest BCUT2D eigenvalue weighted by atomic mass is 16.5. The van der Waals surface area contributed by atoms with E-state index in [4.69, 9.17) is 4.74 Å². The van der Waals surface area contributed by atoms with Crippen molar-refractivity contribution in [3.63, 3.8) is 0 Å². The lowest BCUT2D eigenvalue weighted by Gasteiger charge is -2.49. The normalized spacial score (nSPS) is 49.9. The lowest BCUT2D eigenvalue weighted by Crippen LogP contribution is -2.49. The third-order valence-electron chi connectivity index (χ3n) is 4.55. The molecule has 4 unspecified atom stereocenters. The second-order valence-electron chi connectivity index (χ2n) is 6.15. The van der Waals surface area contributed by atoms with Crippen LogP contribution >= 0.6 is 0 Å². The van der Waals surface area contributed by atoms with E-state index in [1.165, 1.54) is 0 Å². The van der Waals surface area contributed by atoms with Gasteiger partial charge < -0.3 is 9.84 Å².